The van der Waals surface area contributed by atoms with Gasteiger partial charge in [-0.3, -0.25) is 0 Å². The predicted molar refractivity (Wildman–Crippen MR) is 37.2 cm³/mol. The Labute approximate surface area is 60.0 Å². The van der Waals surface area contributed by atoms with E-state index in [-0.39, 0.29) is 5.75 Å². The Balaban J connectivity index is 2.93. The first-order valence-corrected chi connectivity index (χ1v) is 4.82. The Morgan fingerprint density at radius 2 is 2.10 bits per heavy atom. The molecule has 0 spiro atoms. The number of aliphatic hydroxyl groups is 1. The molecule has 3 atom stereocenters. The van der Waals surface area contributed by atoms with E-state index in [1.807, 2.05) is 0 Å². The van der Waals surface area contributed by atoms with Gasteiger partial charge in [0.2, 0.25) is 0 Å². The van der Waals surface area contributed by atoms with Gasteiger partial charge in [0.05, 0.1) is 17.1 Å². The van der Waals surface area contributed by atoms with Crippen molar-refractivity contribution in [1.29, 1.82) is 0 Å². The maximum Gasteiger partial charge on any atom is 0.157 e. The summed E-state index contributed by atoms with van der Waals surface area (Å²) >= 11 is 0. The first-order valence-electron chi connectivity index (χ1n) is 3.10. The standard InChI is InChI=1S/C5H11NO3S/c1-3-5(7)4(6)2-10(3,8)9/h3-5,7H,2,6H2,1H3. The number of rotatable bonds is 0. The van der Waals surface area contributed by atoms with Gasteiger partial charge in [0, 0.05) is 6.04 Å². The summed E-state index contributed by atoms with van der Waals surface area (Å²) in [5.74, 6) is -0.0880. The molecule has 1 aliphatic rings. The molecule has 3 unspecified atom stereocenters. The normalized spacial score (nSPS) is 45.7. The number of hydrogen-bond donors (Lipinski definition) is 2. The number of nitrogens with two attached hydrogens (primary N) is 1. The van der Waals surface area contributed by atoms with E-state index in [0.29, 0.717) is 0 Å². The SMILES string of the molecule is CC1C(O)C(N)CS1(=O)=O. The van der Waals surface area contributed by atoms with Gasteiger partial charge in [-0.2, -0.15) is 0 Å². The molecule has 5 heteroatoms. The zero-order chi connectivity index (χ0) is 7.94. The van der Waals surface area contributed by atoms with Crippen LogP contribution in [0.25, 0.3) is 0 Å². The lowest BCUT2D eigenvalue weighted by Gasteiger charge is -2.08. The molecule has 1 heterocycles. The van der Waals surface area contributed by atoms with Gasteiger partial charge in [-0.05, 0) is 6.92 Å². The highest BCUT2D eigenvalue weighted by molar-refractivity contribution is 7.92. The lowest BCUT2D eigenvalue weighted by molar-refractivity contribution is 0.161. The molecule has 0 radical (unpaired) electrons. The van der Waals surface area contributed by atoms with Gasteiger partial charge < -0.3 is 10.8 Å². The van der Waals surface area contributed by atoms with E-state index in [9.17, 15) is 8.42 Å². The fourth-order valence-corrected chi connectivity index (χ4v) is 2.74. The van der Waals surface area contributed by atoms with Crippen molar-refractivity contribution in [1.82, 2.24) is 0 Å². The Morgan fingerprint density at radius 1 is 1.60 bits per heavy atom. The largest absolute Gasteiger partial charge is 0.390 e. The minimum absolute atomic E-state index is 0.0880. The zero-order valence-corrected chi connectivity index (χ0v) is 6.50. The molecule has 1 saturated heterocycles. The number of sulfone groups is 1. The van der Waals surface area contributed by atoms with Crippen LogP contribution in [-0.4, -0.2) is 36.7 Å². The van der Waals surface area contributed by atoms with Gasteiger partial charge >= 0.3 is 0 Å². The minimum atomic E-state index is -3.10. The Hall–Kier alpha value is -0.130. The van der Waals surface area contributed by atoms with Crippen LogP contribution in [-0.2, 0) is 9.84 Å². The van der Waals surface area contributed by atoms with Gasteiger partial charge in [0.1, 0.15) is 0 Å². The van der Waals surface area contributed by atoms with Crippen molar-refractivity contribution < 1.29 is 13.5 Å². The fraction of sp³-hybridized carbons (Fsp3) is 1.00. The summed E-state index contributed by atoms with van der Waals surface area (Å²) < 4.78 is 21.9. The van der Waals surface area contributed by atoms with Crippen LogP contribution >= 0.6 is 0 Å². The molecule has 0 bridgehead atoms. The third kappa shape index (κ3) is 1.04. The van der Waals surface area contributed by atoms with E-state index < -0.39 is 27.2 Å². The first-order chi connectivity index (χ1) is 4.45. The van der Waals surface area contributed by atoms with Crippen molar-refractivity contribution in [3.8, 4) is 0 Å². The Kier molecular flexibility index (Phi) is 1.74. The smallest absolute Gasteiger partial charge is 0.157 e. The van der Waals surface area contributed by atoms with Crippen molar-refractivity contribution in [3.05, 3.63) is 0 Å². The second kappa shape index (κ2) is 2.18. The van der Waals surface area contributed by atoms with Gasteiger partial charge in [-0.1, -0.05) is 0 Å². The van der Waals surface area contributed by atoms with Crippen molar-refractivity contribution in [3.63, 3.8) is 0 Å². The maximum atomic E-state index is 10.9. The van der Waals surface area contributed by atoms with Crippen LogP contribution in [0, 0.1) is 0 Å². The fourth-order valence-electron chi connectivity index (χ4n) is 1.08. The quantitative estimate of drug-likeness (QED) is 0.457. The lowest BCUT2D eigenvalue weighted by atomic mass is 10.1. The third-order valence-electron chi connectivity index (χ3n) is 1.91. The number of hydrogen-bond acceptors (Lipinski definition) is 4. The van der Waals surface area contributed by atoms with Gasteiger partial charge in [-0.25, -0.2) is 8.42 Å². The van der Waals surface area contributed by atoms with E-state index in [4.69, 9.17) is 10.8 Å². The molecule has 0 aliphatic carbocycles. The monoisotopic (exact) mass is 165 g/mol. The molecule has 0 aromatic heterocycles. The van der Waals surface area contributed by atoms with Crippen LogP contribution < -0.4 is 5.73 Å². The van der Waals surface area contributed by atoms with Crippen molar-refractivity contribution >= 4 is 9.84 Å². The summed E-state index contributed by atoms with van der Waals surface area (Å²) in [5.41, 5.74) is 5.32. The summed E-state index contributed by atoms with van der Waals surface area (Å²) in [4.78, 5) is 0. The molecule has 0 aromatic carbocycles. The highest BCUT2D eigenvalue weighted by Crippen LogP contribution is 2.18. The summed E-state index contributed by atoms with van der Waals surface area (Å²) in [6.45, 7) is 1.48. The lowest BCUT2D eigenvalue weighted by Crippen LogP contribution is -2.35. The molecule has 3 N–H and O–H groups in total. The second-order valence-electron chi connectivity index (χ2n) is 2.69. The summed E-state index contributed by atoms with van der Waals surface area (Å²) in [6, 6.07) is -0.597. The van der Waals surface area contributed by atoms with Crippen molar-refractivity contribution in [2.45, 2.75) is 24.3 Å². The van der Waals surface area contributed by atoms with Crippen LogP contribution in [0.2, 0.25) is 0 Å². The van der Waals surface area contributed by atoms with Crippen LogP contribution in [0.15, 0.2) is 0 Å². The second-order valence-corrected chi connectivity index (χ2v) is 5.09. The topological polar surface area (TPSA) is 80.4 Å². The van der Waals surface area contributed by atoms with Gasteiger partial charge in [0.15, 0.2) is 9.84 Å². The zero-order valence-electron chi connectivity index (χ0n) is 5.69. The van der Waals surface area contributed by atoms with E-state index in [0.717, 1.165) is 0 Å². The number of aliphatic hydroxyl groups excluding tert-OH is 1. The van der Waals surface area contributed by atoms with E-state index in [2.05, 4.69) is 0 Å². The Morgan fingerprint density at radius 3 is 2.20 bits per heavy atom. The third-order valence-corrected chi connectivity index (χ3v) is 4.17. The molecule has 1 fully saturated rings. The van der Waals surface area contributed by atoms with Gasteiger partial charge in [-0.15, -0.1) is 0 Å². The highest BCUT2D eigenvalue weighted by Gasteiger charge is 2.41. The molecule has 1 rings (SSSR count). The molecule has 4 nitrogen and oxygen atoms in total. The van der Waals surface area contributed by atoms with E-state index in [1.54, 1.807) is 0 Å². The predicted octanol–water partition coefficient (Wildman–Crippen LogP) is -1.51. The van der Waals surface area contributed by atoms with Crippen LogP contribution in [0.4, 0.5) is 0 Å². The molecular weight excluding hydrogens is 154 g/mol. The molecule has 60 valence electrons. The van der Waals surface area contributed by atoms with Crippen molar-refractivity contribution in [2.75, 3.05) is 5.75 Å². The first kappa shape index (κ1) is 7.97. The van der Waals surface area contributed by atoms with Crippen LogP contribution in [0.3, 0.4) is 0 Å². The molecule has 10 heavy (non-hydrogen) atoms. The minimum Gasteiger partial charge on any atom is -0.390 e. The van der Waals surface area contributed by atoms with Crippen molar-refractivity contribution in [2.24, 2.45) is 5.73 Å². The molecule has 0 amide bonds. The van der Waals surface area contributed by atoms with Crippen LogP contribution in [0.1, 0.15) is 6.92 Å². The molecule has 1 aliphatic heterocycles. The highest BCUT2D eigenvalue weighted by atomic mass is 32.2. The molecule has 0 aromatic rings. The van der Waals surface area contributed by atoms with E-state index >= 15 is 0 Å². The summed E-state index contributed by atoms with van der Waals surface area (Å²) in [6.07, 6.45) is -0.884. The summed E-state index contributed by atoms with van der Waals surface area (Å²) in [5, 5.41) is 8.41. The summed E-state index contributed by atoms with van der Waals surface area (Å²) in [7, 11) is -3.10. The molecule has 0 saturated carbocycles. The van der Waals surface area contributed by atoms with Gasteiger partial charge in [0.25, 0.3) is 0 Å². The maximum absolute atomic E-state index is 10.9. The van der Waals surface area contributed by atoms with Crippen LogP contribution in [0.5, 0.6) is 0 Å². The molecular formula is C5H11NO3S. The van der Waals surface area contributed by atoms with E-state index in [1.165, 1.54) is 6.92 Å². The average Bonchev–Trinajstić information content (AvgIpc) is 1.95. The average molecular weight is 165 g/mol. The Bertz CT molecular complexity index is 223.